The fourth-order valence-electron chi connectivity index (χ4n) is 3.72. The topological polar surface area (TPSA) is 102 Å². The average Bonchev–Trinajstić information content (AvgIpc) is 3.28. The van der Waals surface area contributed by atoms with Crippen molar-refractivity contribution >= 4 is 35.1 Å². The molecular formula is C27H22Cl2N2O5. The Morgan fingerprint density at radius 2 is 1.86 bits per heavy atom. The molecule has 0 aliphatic rings. The van der Waals surface area contributed by atoms with E-state index in [-0.39, 0.29) is 25.1 Å². The van der Waals surface area contributed by atoms with E-state index in [4.69, 9.17) is 37.6 Å². The quantitative estimate of drug-likeness (QED) is 0.258. The van der Waals surface area contributed by atoms with Crippen LogP contribution in [0.2, 0.25) is 10.0 Å². The number of ether oxygens (including phenoxy) is 1. The van der Waals surface area contributed by atoms with Gasteiger partial charge in [0, 0.05) is 16.1 Å². The number of hydrogen-bond acceptors (Lipinski definition) is 5. The molecule has 0 bridgehead atoms. The highest BCUT2D eigenvalue weighted by atomic mass is 35.5. The third-order valence-corrected chi connectivity index (χ3v) is 5.93. The number of aromatic nitrogens is 1. The Bertz CT molecular complexity index is 1420. The number of carbonyl (C=O) groups excluding carboxylic acids is 1. The van der Waals surface area contributed by atoms with Crippen molar-refractivity contribution in [2.75, 3.05) is 13.2 Å². The molecule has 9 heteroatoms. The predicted molar refractivity (Wildman–Crippen MR) is 138 cm³/mol. The van der Waals surface area contributed by atoms with Crippen LogP contribution in [0.25, 0.3) is 22.6 Å². The average molecular weight is 525 g/mol. The molecule has 0 aliphatic heterocycles. The largest absolute Gasteiger partial charge is 0.490 e. The van der Waals surface area contributed by atoms with Crippen molar-refractivity contribution in [3.05, 3.63) is 93.5 Å². The summed E-state index contributed by atoms with van der Waals surface area (Å²) in [4.78, 5) is 24.6. The molecule has 0 saturated carbocycles. The molecule has 0 aliphatic carbocycles. The van der Waals surface area contributed by atoms with Crippen LogP contribution < -0.4 is 10.1 Å². The van der Waals surface area contributed by atoms with E-state index in [0.29, 0.717) is 38.4 Å². The number of carbonyl (C=O) groups is 2. The van der Waals surface area contributed by atoms with Crippen molar-refractivity contribution in [2.45, 2.75) is 13.3 Å². The van der Waals surface area contributed by atoms with E-state index < -0.39 is 11.9 Å². The predicted octanol–water partition coefficient (Wildman–Crippen LogP) is 6.06. The maximum Gasteiger partial charge on any atom is 0.307 e. The van der Waals surface area contributed by atoms with Crippen LogP contribution in [-0.4, -0.2) is 35.3 Å². The third-order valence-electron chi connectivity index (χ3n) is 5.40. The summed E-state index contributed by atoms with van der Waals surface area (Å²) in [6.45, 7) is 2.27. The van der Waals surface area contributed by atoms with E-state index in [0.717, 1.165) is 11.1 Å². The van der Waals surface area contributed by atoms with Crippen molar-refractivity contribution in [1.82, 2.24) is 10.5 Å². The Morgan fingerprint density at radius 1 is 1.06 bits per heavy atom. The number of nitrogens with one attached hydrogen (secondary N) is 1. The number of carboxylic acids is 1. The van der Waals surface area contributed by atoms with Crippen molar-refractivity contribution in [1.29, 1.82) is 0 Å². The molecule has 0 saturated heterocycles. The van der Waals surface area contributed by atoms with Gasteiger partial charge in [-0.2, -0.15) is 0 Å². The smallest absolute Gasteiger partial charge is 0.307 e. The number of aliphatic carboxylic acids is 1. The van der Waals surface area contributed by atoms with E-state index >= 15 is 0 Å². The highest BCUT2D eigenvalue weighted by Crippen LogP contribution is 2.34. The van der Waals surface area contributed by atoms with E-state index in [2.05, 4.69) is 10.5 Å². The molecular weight excluding hydrogens is 503 g/mol. The summed E-state index contributed by atoms with van der Waals surface area (Å²) in [5.41, 5.74) is 3.37. The van der Waals surface area contributed by atoms with E-state index in [9.17, 15) is 9.59 Å². The summed E-state index contributed by atoms with van der Waals surface area (Å²) in [5, 5.41) is 17.1. The summed E-state index contributed by atoms with van der Waals surface area (Å²) in [5.74, 6) is -0.576. The Kier molecular flexibility index (Phi) is 7.93. The number of hydrogen-bond donors (Lipinski definition) is 2. The molecule has 4 rings (SSSR count). The molecule has 36 heavy (non-hydrogen) atoms. The maximum atomic E-state index is 13.4. The minimum absolute atomic E-state index is 0.150. The zero-order valence-corrected chi connectivity index (χ0v) is 20.8. The highest BCUT2D eigenvalue weighted by molar-refractivity contribution is 6.35. The number of amides is 1. The lowest BCUT2D eigenvalue weighted by atomic mass is 9.98. The first-order valence-electron chi connectivity index (χ1n) is 11.1. The van der Waals surface area contributed by atoms with E-state index in [1.165, 1.54) is 0 Å². The SMILES string of the molecule is Cc1ccccc1-c1onc(-c2cccc(CC(=O)O)c2)c1C(=O)NCCOc1ccc(Cl)cc1Cl. The number of rotatable bonds is 9. The van der Waals surface area contributed by atoms with E-state index in [1.54, 1.807) is 42.5 Å². The second kappa shape index (κ2) is 11.3. The van der Waals surface area contributed by atoms with Gasteiger partial charge < -0.3 is 19.7 Å². The standard InChI is InChI=1S/C27H22Cl2N2O5/c1-16-5-2-3-8-20(16)26-24(25(31-36-26)18-7-4-6-17(13-18)14-23(32)33)27(34)30-11-12-35-22-10-9-19(28)15-21(22)29/h2-10,13,15H,11-12,14H2,1H3,(H,30,34)(H,32,33). The van der Waals surface area contributed by atoms with Gasteiger partial charge in [0.25, 0.3) is 5.91 Å². The van der Waals surface area contributed by atoms with Crippen LogP contribution in [0.5, 0.6) is 5.75 Å². The van der Waals surface area contributed by atoms with Crippen LogP contribution in [0, 0.1) is 6.92 Å². The summed E-state index contributed by atoms with van der Waals surface area (Å²) in [7, 11) is 0. The number of aryl methyl sites for hydroxylation is 1. The normalized spacial score (nSPS) is 10.8. The maximum absolute atomic E-state index is 13.4. The molecule has 1 amide bonds. The van der Waals surface area contributed by atoms with Gasteiger partial charge in [0.05, 0.1) is 18.0 Å². The second-order valence-electron chi connectivity index (χ2n) is 8.00. The summed E-state index contributed by atoms with van der Waals surface area (Å²) in [6, 6.07) is 19.3. The lowest BCUT2D eigenvalue weighted by Crippen LogP contribution is -2.28. The molecule has 2 N–H and O–H groups in total. The van der Waals surface area contributed by atoms with Gasteiger partial charge in [-0.05, 0) is 42.3 Å². The number of benzene rings is 3. The molecule has 3 aromatic carbocycles. The van der Waals surface area contributed by atoms with Gasteiger partial charge in [-0.25, -0.2) is 0 Å². The van der Waals surface area contributed by atoms with Crippen LogP contribution in [0.4, 0.5) is 0 Å². The lowest BCUT2D eigenvalue weighted by molar-refractivity contribution is -0.136. The van der Waals surface area contributed by atoms with Gasteiger partial charge >= 0.3 is 5.97 Å². The number of nitrogens with zero attached hydrogens (tertiary/aromatic N) is 1. The van der Waals surface area contributed by atoms with Crippen LogP contribution in [0.1, 0.15) is 21.5 Å². The van der Waals surface area contributed by atoms with Crippen LogP contribution >= 0.6 is 23.2 Å². The second-order valence-corrected chi connectivity index (χ2v) is 8.84. The van der Waals surface area contributed by atoms with Crippen molar-refractivity contribution in [3.63, 3.8) is 0 Å². The Hall–Kier alpha value is -3.81. The molecule has 7 nitrogen and oxygen atoms in total. The van der Waals surface area contributed by atoms with Crippen LogP contribution in [0.3, 0.4) is 0 Å². The Balaban J connectivity index is 1.61. The summed E-state index contributed by atoms with van der Waals surface area (Å²) < 4.78 is 11.3. The van der Waals surface area contributed by atoms with Gasteiger partial charge in [-0.3, -0.25) is 9.59 Å². The monoisotopic (exact) mass is 524 g/mol. The fourth-order valence-corrected chi connectivity index (χ4v) is 4.18. The molecule has 0 atom stereocenters. The first kappa shape index (κ1) is 25.3. The summed E-state index contributed by atoms with van der Waals surface area (Å²) in [6.07, 6.45) is -0.150. The zero-order chi connectivity index (χ0) is 25.7. The van der Waals surface area contributed by atoms with E-state index in [1.807, 2.05) is 31.2 Å². The molecule has 1 aromatic heterocycles. The highest BCUT2D eigenvalue weighted by Gasteiger charge is 2.26. The summed E-state index contributed by atoms with van der Waals surface area (Å²) >= 11 is 12.0. The fraction of sp³-hybridized carbons (Fsp3) is 0.148. The third kappa shape index (κ3) is 5.87. The molecule has 184 valence electrons. The van der Waals surface area contributed by atoms with Gasteiger partial charge in [0.2, 0.25) is 0 Å². The first-order chi connectivity index (χ1) is 17.3. The minimum Gasteiger partial charge on any atom is -0.490 e. The minimum atomic E-state index is -0.952. The number of halogens is 2. The van der Waals surface area contributed by atoms with Crippen LogP contribution in [0.15, 0.2) is 71.3 Å². The van der Waals surface area contributed by atoms with Crippen molar-refractivity contribution < 1.29 is 24.0 Å². The molecule has 0 unspecified atom stereocenters. The molecule has 0 fully saturated rings. The van der Waals surface area contributed by atoms with Crippen molar-refractivity contribution in [3.8, 4) is 28.3 Å². The van der Waals surface area contributed by atoms with Gasteiger partial charge in [0.15, 0.2) is 5.76 Å². The molecule has 1 heterocycles. The van der Waals surface area contributed by atoms with Gasteiger partial charge in [-0.15, -0.1) is 0 Å². The lowest BCUT2D eigenvalue weighted by Gasteiger charge is -2.11. The molecule has 0 radical (unpaired) electrons. The van der Waals surface area contributed by atoms with Crippen molar-refractivity contribution in [2.24, 2.45) is 0 Å². The number of carboxylic acid groups (broad SMARTS) is 1. The van der Waals surface area contributed by atoms with Crippen LogP contribution in [-0.2, 0) is 11.2 Å². The Morgan fingerprint density at radius 3 is 2.61 bits per heavy atom. The zero-order valence-electron chi connectivity index (χ0n) is 19.3. The molecule has 4 aromatic rings. The van der Waals surface area contributed by atoms with Gasteiger partial charge in [0.1, 0.15) is 23.6 Å². The Labute approximate surface area is 217 Å². The first-order valence-corrected chi connectivity index (χ1v) is 11.8. The van der Waals surface area contributed by atoms with Gasteiger partial charge in [-0.1, -0.05) is 70.8 Å². The molecule has 0 spiro atoms.